The molecule has 1 amide bonds. The van der Waals surface area contributed by atoms with Gasteiger partial charge in [-0.1, -0.05) is 58.0 Å². The molecule has 3 aromatic carbocycles. The lowest BCUT2D eigenvalue weighted by Crippen LogP contribution is -2.28. The van der Waals surface area contributed by atoms with Gasteiger partial charge in [0.1, 0.15) is 5.75 Å². The van der Waals surface area contributed by atoms with Crippen LogP contribution in [-0.2, 0) is 4.79 Å². The van der Waals surface area contributed by atoms with Crippen molar-refractivity contribution in [1.29, 1.82) is 0 Å². The summed E-state index contributed by atoms with van der Waals surface area (Å²) in [5.74, 6) is 0.809. The van der Waals surface area contributed by atoms with Crippen LogP contribution in [0.5, 0.6) is 5.75 Å². The van der Waals surface area contributed by atoms with Crippen molar-refractivity contribution < 1.29 is 9.53 Å². The molecular formula is C29H26BrN3O2S2. The van der Waals surface area contributed by atoms with Gasteiger partial charge in [-0.15, -0.1) is 0 Å². The lowest BCUT2D eigenvalue weighted by Gasteiger charge is -2.19. The minimum Gasteiger partial charge on any atom is -0.497 e. The smallest absolute Gasteiger partial charge is 0.267 e. The van der Waals surface area contributed by atoms with Gasteiger partial charge in [0.05, 0.1) is 28.4 Å². The molecule has 0 unspecified atom stereocenters. The van der Waals surface area contributed by atoms with Crippen LogP contribution in [0.3, 0.4) is 0 Å². The number of methoxy groups -OCH3 is 1. The number of halogens is 1. The molecule has 2 aliphatic heterocycles. The maximum Gasteiger partial charge on any atom is 0.267 e. The third-order valence-electron chi connectivity index (χ3n) is 6.08. The number of aliphatic imine (C=N–C) groups is 1. The normalized spacial score (nSPS) is 18.6. The lowest BCUT2D eigenvalue weighted by atomic mass is 10.0. The van der Waals surface area contributed by atoms with Crippen molar-refractivity contribution in [2.75, 3.05) is 25.1 Å². The van der Waals surface area contributed by atoms with Gasteiger partial charge in [0, 0.05) is 28.0 Å². The van der Waals surface area contributed by atoms with Crippen LogP contribution in [0.2, 0.25) is 0 Å². The minimum atomic E-state index is -0.0238. The second-order valence-corrected chi connectivity index (χ2v) is 11.2. The molecule has 5 nitrogen and oxygen atoms in total. The van der Waals surface area contributed by atoms with E-state index in [9.17, 15) is 4.79 Å². The number of hydrogen-bond donors (Lipinski definition) is 0. The highest BCUT2D eigenvalue weighted by molar-refractivity contribution is 9.10. The van der Waals surface area contributed by atoms with Gasteiger partial charge in [-0.2, -0.15) is 0 Å². The topological polar surface area (TPSA) is 45.1 Å². The molecule has 1 saturated heterocycles. The van der Waals surface area contributed by atoms with Crippen LogP contribution in [0, 0.1) is 0 Å². The second kappa shape index (κ2) is 11.2. The van der Waals surface area contributed by atoms with E-state index in [1.807, 2.05) is 55.5 Å². The second-order valence-electron chi connectivity index (χ2n) is 8.29. The molecule has 0 atom stereocenters. The Kier molecular flexibility index (Phi) is 7.79. The van der Waals surface area contributed by atoms with Crippen molar-refractivity contribution >= 4 is 67.5 Å². The highest BCUT2D eigenvalue weighted by Crippen LogP contribution is 2.49. The van der Waals surface area contributed by atoms with Gasteiger partial charge in [-0.25, -0.2) is 4.99 Å². The number of carbonyl (C=O) groups is 1. The number of thioether (sulfide) groups is 2. The third-order valence-corrected chi connectivity index (χ3v) is 8.80. The minimum absolute atomic E-state index is 0.0238. The van der Waals surface area contributed by atoms with Gasteiger partial charge >= 0.3 is 0 Å². The van der Waals surface area contributed by atoms with Crippen LogP contribution >= 0.6 is 39.5 Å². The van der Waals surface area contributed by atoms with E-state index < -0.39 is 0 Å². The summed E-state index contributed by atoms with van der Waals surface area (Å²) >= 11 is 6.61. The van der Waals surface area contributed by atoms with Crippen LogP contribution in [-0.4, -0.2) is 36.2 Å². The molecule has 3 aromatic rings. The SMILES string of the molecule is CCN1C(=O)/C(=C(\C=C2/Sc3cc(OC)ccc3N2CC)c2ccccc2)SC1=Nc1ccc(Br)cc1. The maximum atomic E-state index is 13.7. The molecule has 0 aliphatic carbocycles. The zero-order valence-electron chi connectivity index (χ0n) is 20.8. The lowest BCUT2D eigenvalue weighted by molar-refractivity contribution is -0.122. The fraction of sp³-hybridized carbons (Fsp3) is 0.172. The Labute approximate surface area is 234 Å². The Morgan fingerprint density at radius 2 is 1.70 bits per heavy atom. The summed E-state index contributed by atoms with van der Waals surface area (Å²) < 4.78 is 6.44. The molecule has 2 heterocycles. The van der Waals surface area contributed by atoms with Crippen molar-refractivity contribution in [3.05, 3.63) is 98.8 Å². The quantitative estimate of drug-likeness (QED) is 0.272. The molecule has 188 valence electrons. The zero-order valence-corrected chi connectivity index (χ0v) is 24.0. The molecule has 2 aliphatic rings. The van der Waals surface area contributed by atoms with Gasteiger partial charge < -0.3 is 9.64 Å². The number of hydrogen-bond acceptors (Lipinski definition) is 6. The Morgan fingerprint density at radius 3 is 2.38 bits per heavy atom. The number of allylic oxidation sites excluding steroid dienone is 2. The van der Waals surface area contributed by atoms with Crippen LogP contribution in [0.1, 0.15) is 19.4 Å². The number of ether oxygens (including phenoxy) is 1. The molecule has 0 spiro atoms. The maximum absolute atomic E-state index is 13.7. The fourth-order valence-electron chi connectivity index (χ4n) is 4.23. The zero-order chi connectivity index (χ0) is 25.9. The summed E-state index contributed by atoms with van der Waals surface area (Å²) in [5.41, 5.74) is 3.86. The van der Waals surface area contributed by atoms with Crippen LogP contribution in [0.25, 0.3) is 5.57 Å². The molecular weight excluding hydrogens is 566 g/mol. The Balaban J connectivity index is 1.61. The first-order chi connectivity index (χ1) is 18.0. The largest absolute Gasteiger partial charge is 0.497 e. The first kappa shape index (κ1) is 25.7. The number of anilines is 1. The highest BCUT2D eigenvalue weighted by Gasteiger charge is 2.35. The molecule has 0 bridgehead atoms. The number of nitrogens with zero attached hydrogens (tertiary/aromatic N) is 3. The predicted octanol–water partition coefficient (Wildman–Crippen LogP) is 7.93. The molecule has 0 radical (unpaired) electrons. The Bertz CT molecular complexity index is 1420. The van der Waals surface area contributed by atoms with Crippen molar-refractivity contribution in [3.63, 3.8) is 0 Å². The number of benzene rings is 3. The average Bonchev–Trinajstić information content (AvgIpc) is 3.43. The summed E-state index contributed by atoms with van der Waals surface area (Å²) in [6, 6.07) is 24.1. The van der Waals surface area contributed by atoms with Crippen molar-refractivity contribution in [2.24, 2.45) is 4.99 Å². The van der Waals surface area contributed by atoms with E-state index >= 15 is 0 Å². The van der Waals surface area contributed by atoms with Gasteiger partial charge in [-0.05, 0) is 79.7 Å². The average molecular weight is 593 g/mol. The summed E-state index contributed by atoms with van der Waals surface area (Å²) in [5, 5.41) is 1.77. The monoisotopic (exact) mass is 591 g/mol. The first-order valence-corrected chi connectivity index (χ1v) is 14.4. The number of amidine groups is 1. The fourth-order valence-corrected chi connectivity index (χ4v) is 6.83. The summed E-state index contributed by atoms with van der Waals surface area (Å²) in [7, 11) is 1.68. The van der Waals surface area contributed by atoms with Crippen LogP contribution in [0.4, 0.5) is 11.4 Å². The molecule has 8 heteroatoms. The van der Waals surface area contributed by atoms with Crippen molar-refractivity contribution in [1.82, 2.24) is 4.90 Å². The summed E-state index contributed by atoms with van der Waals surface area (Å²) in [4.78, 5) is 24.4. The van der Waals surface area contributed by atoms with Crippen LogP contribution < -0.4 is 9.64 Å². The van der Waals surface area contributed by atoms with Crippen LogP contribution in [0.15, 0.2) is 103 Å². The van der Waals surface area contributed by atoms with Gasteiger partial charge in [0.25, 0.3) is 5.91 Å². The van der Waals surface area contributed by atoms with Crippen molar-refractivity contribution in [3.8, 4) is 5.75 Å². The van der Waals surface area contributed by atoms with E-state index in [1.165, 1.54) is 11.8 Å². The molecule has 5 rings (SSSR count). The predicted molar refractivity (Wildman–Crippen MR) is 160 cm³/mol. The third kappa shape index (κ3) is 5.23. The molecule has 0 saturated carbocycles. The van der Waals surface area contributed by atoms with E-state index in [1.54, 1.807) is 23.8 Å². The molecule has 0 N–H and O–H groups in total. The van der Waals surface area contributed by atoms with Gasteiger partial charge in [0.15, 0.2) is 5.17 Å². The molecule has 1 fully saturated rings. The summed E-state index contributed by atoms with van der Waals surface area (Å²) in [6.45, 7) is 5.48. The standard InChI is InChI=1S/C29H26BrN3O2S2/c1-4-32-24-16-15-22(35-3)17-25(24)36-26(32)18-23(19-9-7-6-8-10-19)27-28(34)33(5-2)29(37-27)31-21-13-11-20(30)12-14-21/h6-18H,4-5H2,1-3H3/b26-18-,27-23-,31-29?. The Hall–Kier alpha value is -2.94. The van der Waals surface area contributed by atoms with E-state index in [-0.39, 0.29) is 5.91 Å². The molecule has 0 aromatic heterocycles. The van der Waals surface area contributed by atoms with E-state index in [0.717, 1.165) is 49.2 Å². The van der Waals surface area contributed by atoms with E-state index in [4.69, 9.17) is 9.73 Å². The van der Waals surface area contributed by atoms with Gasteiger partial charge in [0.2, 0.25) is 0 Å². The van der Waals surface area contributed by atoms with Crippen molar-refractivity contribution in [2.45, 2.75) is 18.7 Å². The number of carbonyl (C=O) groups excluding carboxylic acids is 1. The first-order valence-electron chi connectivity index (χ1n) is 12.0. The molecule has 37 heavy (non-hydrogen) atoms. The Morgan fingerprint density at radius 1 is 0.973 bits per heavy atom. The number of amides is 1. The number of rotatable bonds is 6. The number of likely N-dealkylation sites (N-methyl/N-ethyl adjacent to an activating group) is 1. The number of fused-ring (bicyclic) bond motifs is 1. The van der Waals surface area contributed by atoms with Gasteiger partial charge in [-0.3, -0.25) is 9.69 Å². The summed E-state index contributed by atoms with van der Waals surface area (Å²) in [6.07, 6.45) is 2.15. The van der Waals surface area contributed by atoms with E-state index in [2.05, 4.69) is 58.1 Å². The van der Waals surface area contributed by atoms with E-state index in [0.29, 0.717) is 16.6 Å². The highest BCUT2D eigenvalue weighted by atomic mass is 79.9.